The number of rotatable bonds is 6. The number of aromatic nitrogens is 4. The van der Waals surface area contributed by atoms with Gasteiger partial charge in [-0.25, -0.2) is 0 Å². The fraction of sp³-hybridized carbons (Fsp3) is 0.462. The average molecular weight is 494 g/mol. The van der Waals surface area contributed by atoms with Crippen molar-refractivity contribution < 1.29 is 4.79 Å². The molecule has 0 radical (unpaired) electrons. The molecule has 3 aromatic rings. The third-order valence-corrected chi connectivity index (χ3v) is 9.17. The zero-order valence-corrected chi connectivity index (χ0v) is 20.8. The van der Waals surface area contributed by atoms with Gasteiger partial charge >= 0.3 is 0 Å². The Morgan fingerprint density at radius 2 is 1.76 bits per heavy atom. The molecule has 1 amide bonds. The van der Waals surface area contributed by atoms with Gasteiger partial charge in [0, 0.05) is 28.5 Å². The molecule has 176 valence electrons. The third kappa shape index (κ3) is 4.03. The molecule has 0 unspecified atom stereocenters. The van der Waals surface area contributed by atoms with Crippen molar-refractivity contribution in [3.63, 3.8) is 0 Å². The summed E-state index contributed by atoms with van der Waals surface area (Å²) in [7, 11) is 0. The number of hydrogen-bond acceptors (Lipinski definition) is 5. The van der Waals surface area contributed by atoms with Crippen molar-refractivity contribution in [2.75, 3.05) is 5.75 Å². The Labute approximate surface area is 208 Å². The van der Waals surface area contributed by atoms with E-state index in [9.17, 15) is 4.79 Å². The number of benzene rings is 1. The van der Waals surface area contributed by atoms with Gasteiger partial charge in [0.2, 0.25) is 5.91 Å². The molecule has 0 atom stereocenters. The Balaban J connectivity index is 1.25. The second-order valence-corrected chi connectivity index (χ2v) is 11.6. The van der Waals surface area contributed by atoms with E-state index in [1.807, 2.05) is 41.8 Å². The lowest BCUT2D eigenvalue weighted by Crippen LogP contribution is -2.60. The maximum Gasteiger partial charge on any atom is 0.230 e. The predicted octanol–water partition coefficient (Wildman–Crippen LogP) is 5.47. The van der Waals surface area contributed by atoms with Gasteiger partial charge in [-0.1, -0.05) is 29.4 Å². The SMILES string of the molecule is Cc1c(Cl)cccc1-n1c(SCC(=O)NC23CC4CC(CC(C4)C2)C3)nnc1-c1ccncc1. The fourth-order valence-corrected chi connectivity index (χ4v) is 7.75. The van der Waals surface area contributed by atoms with Crippen molar-refractivity contribution in [3.05, 3.63) is 53.3 Å². The second-order valence-electron chi connectivity index (χ2n) is 10.3. The van der Waals surface area contributed by atoms with Gasteiger partial charge in [0.05, 0.1) is 11.4 Å². The predicted molar refractivity (Wildman–Crippen MR) is 134 cm³/mol. The van der Waals surface area contributed by atoms with Crippen molar-refractivity contribution in [2.24, 2.45) is 17.8 Å². The molecule has 34 heavy (non-hydrogen) atoms. The van der Waals surface area contributed by atoms with E-state index in [0.29, 0.717) is 21.8 Å². The summed E-state index contributed by atoms with van der Waals surface area (Å²) in [4.78, 5) is 17.3. The van der Waals surface area contributed by atoms with E-state index in [2.05, 4.69) is 20.5 Å². The first-order valence-electron chi connectivity index (χ1n) is 12.0. The van der Waals surface area contributed by atoms with Crippen LogP contribution in [0.4, 0.5) is 0 Å². The van der Waals surface area contributed by atoms with Gasteiger partial charge in [-0.05, 0) is 93.0 Å². The highest BCUT2D eigenvalue weighted by Gasteiger charge is 2.51. The molecule has 0 aliphatic heterocycles. The Bertz CT molecular complexity index is 1190. The molecule has 4 aliphatic rings. The number of carbonyl (C=O) groups excluding carboxylic acids is 1. The Morgan fingerprint density at radius 3 is 2.44 bits per heavy atom. The number of halogens is 1. The number of nitrogens with one attached hydrogen (secondary N) is 1. The molecule has 0 saturated heterocycles. The molecule has 1 N–H and O–H groups in total. The lowest BCUT2D eigenvalue weighted by Gasteiger charge is -2.56. The van der Waals surface area contributed by atoms with E-state index >= 15 is 0 Å². The summed E-state index contributed by atoms with van der Waals surface area (Å²) in [5.41, 5.74) is 2.78. The highest BCUT2D eigenvalue weighted by atomic mass is 35.5. The fourth-order valence-electron chi connectivity index (χ4n) is 6.83. The van der Waals surface area contributed by atoms with Crippen LogP contribution in [0.15, 0.2) is 47.9 Å². The van der Waals surface area contributed by atoms with Gasteiger partial charge in [-0.15, -0.1) is 10.2 Å². The summed E-state index contributed by atoms with van der Waals surface area (Å²) in [6.45, 7) is 1.99. The lowest BCUT2D eigenvalue weighted by atomic mass is 9.53. The third-order valence-electron chi connectivity index (χ3n) is 7.83. The van der Waals surface area contributed by atoms with E-state index < -0.39 is 0 Å². The van der Waals surface area contributed by atoms with Crippen molar-refractivity contribution in [2.45, 2.75) is 56.1 Å². The maximum absolute atomic E-state index is 13.1. The monoisotopic (exact) mass is 493 g/mol. The Morgan fingerprint density at radius 1 is 1.09 bits per heavy atom. The highest BCUT2D eigenvalue weighted by molar-refractivity contribution is 7.99. The van der Waals surface area contributed by atoms with Gasteiger partial charge in [-0.3, -0.25) is 14.3 Å². The maximum atomic E-state index is 13.1. The first-order chi connectivity index (χ1) is 16.5. The molecule has 4 saturated carbocycles. The number of carbonyl (C=O) groups is 1. The molecule has 0 spiro atoms. The van der Waals surface area contributed by atoms with Crippen molar-refractivity contribution in [3.8, 4) is 17.1 Å². The van der Waals surface area contributed by atoms with Crippen molar-refractivity contribution in [1.82, 2.24) is 25.1 Å². The molecular weight excluding hydrogens is 466 g/mol. The summed E-state index contributed by atoms with van der Waals surface area (Å²) in [5, 5.41) is 13.8. The summed E-state index contributed by atoms with van der Waals surface area (Å²) >= 11 is 7.87. The van der Waals surface area contributed by atoms with E-state index in [1.165, 1.54) is 31.0 Å². The number of nitrogens with zero attached hydrogens (tertiary/aromatic N) is 4. The Kier molecular flexibility index (Phi) is 5.65. The summed E-state index contributed by atoms with van der Waals surface area (Å²) in [6.07, 6.45) is 11.0. The smallest absolute Gasteiger partial charge is 0.230 e. The van der Waals surface area contributed by atoms with Crippen molar-refractivity contribution in [1.29, 1.82) is 0 Å². The van der Waals surface area contributed by atoms with Crippen LogP contribution >= 0.6 is 23.4 Å². The summed E-state index contributed by atoms with van der Waals surface area (Å²) in [5.74, 6) is 3.52. The zero-order chi connectivity index (χ0) is 23.3. The summed E-state index contributed by atoms with van der Waals surface area (Å²) < 4.78 is 2.00. The van der Waals surface area contributed by atoms with Crippen LogP contribution in [0.3, 0.4) is 0 Å². The first kappa shape index (κ1) is 22.1. The summed E-state index contributed by atoms with van der Waals surface area (Å²) in [6, 6.07) is 9.63. The van der Waals surface area contributed by atoms with Crippen LogP contribution in [-0.4, -0.2) is 36.9 Å². The van der Waals surface area contributed by atoms with E-state index in [0.717, 1.165) is 53.8 Å². The van der Waals surface area contributed by atoms with E-state index in [4.69, 9.17) is 11.6 Å². The molecule has 6 nitrogen and oxygen atoms in total. The number of amides is 1. The quantitative estimate of drug-likeness (QED) is 0.461. The number of pyridine rings is 1. The first-order valence-corrected chi connectivity index (χ1v) is 13.4. The number of hydrogen-bond donors (Lipinski definition) is 1. The standard InChI is InChI=1S/C26H28ClN5OS/c1-16-21(27)3-2-4-22(16)32-24(20-5-7-28-8-6-20)30-31-25(32)34-15-23(33)29-26-12-17-9-18(13-26)11-19(10-17)14-26/h2-8,17-19H,9-15H2,1H3,(H,29,33). The largest absolute Gasteiger partial charge is 0.350 e. The molecule has 4 bridgehead atoms. The van der Waals surface area contributed by atoms with Gasteiger partial charge in [0.25, 0.3) is 0 Å². The van der Waals surface area contributed by atoms with Crippen LogP contribution in [-0.2, 0) is 4.79 Å². The highest BCUT2D eigenvalue weighted by Crippen LogP contribution is 2.55. The molecule has 1 aromatic carbocycles. The molecule has 2 heterocycles. The minimum absolute atomic E-state index is 0.0197. The zero-order valence-electron chi connectivity index (χ0n) is 19.2. The second kappa shape index (κ2) is 8.68. The van der Waals surface area contributed by atoms with E-state index in [1.54, 1.807) is 12.4 Å². The minimum atomic E-state index is 0.0197. The van der Waals surface area contributed by atoms with Gasteiger partial charge in [0.15, 0.2) is 11.0 Å². The molecule has 2 aromatic heterocycles. The Hall–Kier alpha value is -2.38. The van der Waals surface area contributed by atoms with Crippen molar-refractivity contribution >= 4 is 29.3 Å². The van der Waals surface area contributed by atoms with Gasteiger partial charge < -0.3 is 5.32 Å². The molecule has 8 heteroatoms. The van der Waals surface area contributed by atoms with Crippen LogP contribution in [0.5, 0.6) is 0 Å². The molecule has 7 rings (SSSR count). The van der Waals surface area contributed by atoms with Gasteiger partial charge in [-0.2, -0.15) is 0 Å². The number of thioether (sulfide) groups is 1. The van der Waals surface area contributed by atoms with Crippen LogP contribution in [0.1, 0.15) is 44.1 Å². The molecule has 4 aliphatic carbocycles. The normalized spacial score (nSPS) is 27.2. The molecular formula is C26H28ClN5OS. The topological polar surface area (TPSA) is 72.7 Å². The lowest BCUT2D eigenvalue weighted by molar-refractivity contribution is -0.124. The van der Waals surface area contributed by atoms with Crippen LogP contribution in [0, 0.1) is 24.7 Å². The minimum Gasteiger partial charge on any atom is -0.350 e. The molecule has 4 fully saturated rings. The van der Waals surface area contributed by atoms with Crippen LogP contribution in [0.25, 0.3) is 17.1 Å². The average Bonchev–Trinajstić information content (AvgIpc) is 3.22. The van der Waals surface area contributed by atoms with Crippen LogP contribution < -0.4 is 5.32 Å². The van der Waals surface area contributed by atoms with Gasteiger partial charge in [0.1, 0.15) is 0 Å². The van der Waals surface area contributed by atoms with Crippen LogP contribution in [0.2, 0.25) is 5.02 Å². The van der Waals surface area contributed by atoms with E-state index in [-0.39, 0.29) is 11.4 Å².